The molecular formula is C13H23NS. The normalized spacial score (nSPS) is 54.8. The van der Waals surface area contributed by atoms with Gasteiger partial charge >= 0.3 is 0 Å². The molecule has 0 aromatic heterocycles. The summed E-state index contributed by atoms with van der Waals surface area (Å²) in [6.07, 6.45) is 8.78. The second-order valence-electron chi connectivity index (χ2n) is 5.88. The van der Waals surface area contributed by atoms with Crippen LogP contribution in [0.15, 0.2) is 0 Å². The average molecular weight is 225 g/mol. The molecule has 1 saturated heterocycles. The fraction of sp³-hybridized carbons (Fsp3) is 1.00. The summed E-state index contributed by atoms with van der Waals surface area (Å²) in [5, 5.41) is 1.78. The van der Waals surface area contributed by atoms with Gasteiger partial charge in [-0.1, -0.05) is 19.8 Å². The fourth-order valence-corrected chi connectivity index (χ4v) is 6.29. The van der Waals surface area contributed by atoms with Gasteiger partial charge in [-0.25, -0.2) is 0 Å². The van der Waals surface area contributed by atoms with Crippen LogP contribution in [0.2, 0.25) is 0 Å². The third-order valence-corrected chi connectivity index (χ3v) is 6.96. The van der Waals surface area contributed by atoms with E-state index in [1.165, 1.54) is 38.5 Å². The Morgan fingerprint density at radius 3 is 2.67 bits per heavy atom. The molecule has 0 radical (unpaired) electrons. The van der Waals surface area contributed by atoms with Gasteiger partial charge in [-0.2, -0.15) is 11.8 Å². The van der Waals surface area contributed by atoms with Crippen molar-refractivity contribution in [1.29, 1.82) is 0 Å². The first-order chi connectivity index (χ1) is 7.27. The fourth-order valence-electron chi connectivity index (χ4n) is 4.06. The molecule has 1 aliphatic heterocycles. The number of hydrogen-bond acceptors (Lipinski definition) is 2. The van der Waals surface area contributed by atoms with Crippen LogP contribution in [0, 0.1) is 17.8 Å². The van der Waals surface area contributed by atoms with Crippen molar-refractivity contribution in [2.24, 2.45) is 23.5 Å². The van der Waals surface area contributed by atoms with Gasteiger partial charge in [0.25, 0.3) is 0 Å². The van der Waals surface area contributed by atoms with Gasteiger partial charge in [0.15, 0.2) is 0 Å². The molecule has 6 atom stereocenters. The molecule has 2 N–H and O–H groups in total. The molecule has 0 aromatic carbocycles. The minimum absolute atomic E-state index is 0.486. The molecule has 0 amide bonds. The van der Waals surface area contributed by atoms with Gasteiger partial charge in [0.05, 0.1) is 0 Å². The van der Waals surface area contributed by atoms with Crippen LogP contribution in [0.25, 0.3) is 0 Å². The van der Waals surface area contributed by atoms with E-state index in [2.05, 4.69) is 18.7 Å². The highest BCUT2D eigenvalue weighted by atomic mass is 32.2. The molecular weight excluding hydrogens is 202 g/mol. The maximum atomic E-state index is 6.40. The maximum absolute atomic E-state index is 6.40. The summed E-state index contributed by atoms with van der Waals surface area (Å²) in [5.74, 6) is 2.78. The van der Waals surface area contributed by atoms with E-state index in [1.54, 1.807) is 0 Å². The van der Waals surface area contributed by atoms with Gasteiger partial charge in [0.1, 0.15) is 0 Å². The van der Waals surface area contributed by atoms with Crippen LogP contribution < -0.4 is 5.73 Å². The monoisotopic (exact) mass is 225 g/mol. The highest BCUT2D eigenvalue weighted by Gasteiger charge is 2.49. The zero-order valence-electron chi connectivity index (χ0n) is 9.69. The third kappa shape index (κ3) is 1.64. The van der Waals surface area contributed by atoms with Crippen LogP contribution in [-0.4, -0.2) is 16.5 Å². The molecule has 3 aliphatic rings. The van der Waals surface area contributed by atoms with Crippen molar-refractivity contribution in [2.75, 3.05) is 0 Å². The summed E-state index contributed by atoms with van der Waals surface area (Å²) >= 11 is 2.27. The summed E-state index contributed by atoms with van der Waals surface area (Å²) in [5.41, 5.74) is 6.40. The Kier molecular flexibility index (Phi) is 2.76. The van der Waals surface area contributed by atoms with Crippen molar-refractivity contribution in [3.8, 4) is 0 Å². The predicted octanol–water partition coefficient (Wildman–Crippen LogP) is 3.03. The average Bonchev–Trinajstić information content (AvgIpc) is 2.63. The van der Waals surface area contributed by atoms with Crippen molar-refractivity contribution in [3.63, 3.8) is 0 Å². The molecule has 0 spiro atoms. The van der Waals surface area contributed by atoms with E-state index in [-0.39, 0.29) is 0 Å². The van der Waals surface area contributed by atoms with Gasteiger partial charge in [-0.15, -0.1) is 0 Å². The Hall–Kier alpha value is 0.310. The van der Waals surface area contributed by atoms with Crippen molar-refractivity contribution < 1.29 is 0 Å². The molecule has 1 heterocycles. The second kappa shape index (κ2) is 3.96. The first-order valence-electron chi connectivity index (χ1n) is 6.68. The summed E-state index contributed by atoms with van der Waals surface area (Å²) in [4.78, 5) is 0. The number of nitrogens with two attached hydrogens (primary N) is 1. The van der Waals surface area contributed by atoms with E-state index >= 15 is 0 Å². The Labute approximate surface area is 97.6 Å². The number of thioether (sulfide) groups is 1. The molecule has 2 saturated carbocycles. The number of hydrogen-bond donors (Lipinski definition) is 1. The van der Waals surface area contributed by atoms with Gasteiger partial charge in [0.2, 0.25) is 0 Å². The Bertz CT molecular complexity index is 243. The molecule has 3 rings (SSSR count). The minimum Gasteiger partial charge on any atom is -0.326 e. The summed E-state index contributed by atoms with van der Waals surface area (Å²) in [6.45, 7) is 2.35. The van der Waals surface area contributed by atoms with Crippen LogP contribution in [-0.2, 0) is 0 Å². The van der Waals surface area contributed by atoms with Crippen LogP contribution in [0.1, 0.15) is 45.4 Å². The molecule has 1 nitrogen and oxygen atoms in total. The van der Waals surface area contributed by atoms with E-state index in [9.17, 15) is 0 Å². The zero-order valence-corrected chi connectivity index (χ0v) is 10.5. The van der Waals surface area contributed by atoms with Crippen LogP contribution in [0.4, 0.5) is 0 Å². The quantitative estimate of drug-likeness (QED) is 0.686. The maximum Gasteiger partial charge on any atom is 0.0235 e. The zero-order chi connectivity index (χ0) is 10.4. The molecule has 15 heavy (non-hydrogen) atoms. The highest BCUT2D eigenvalue weighted by molar-refractivity contribution is 8.00. The molecule has 2 heteroatoms. The first kappa shape index (κ1) is 10.5. The van der Waals surface area contributed by atoms with E-state index in [0.717, 1.165) is 28.3 Å². The Balaban J connectivity index is 1.79. The minimum atomic E-state index is 0.486. The lowest BCUT2D eigenvalue weighted by atomic mass is 9.70. The van der Waals surface area contributed by atoms with Gasteiger partial charge in [-0.3, -0.25) is 0 Å². The van der Waals surface area contributed by atoms with Gasteiger partial charge < -0.3 is 5.73 Å². The molecule has 86 valence electrons. The highest BCUT2D eigenvalue weighted by Crippen LogP contribution is 2.55. The lowest BCUT2D eigenvalue weighted by Gasteiger charge is -2.37. The van der Waals surface area contributed by atoms with Crippen molar-refractivity contribution in [3.05, 3.63) is 0 Å². The number of rotatable bonds is 0. The van der Waals surface area contributed by atoms with E-state index < -0.39 is 0 Å². The molecule has 2 aliphatic carbocycles. The lowest BCUT2D eigenvalue weighted by Crippen LogP contribution is -2.45. The Morgan fingerprint density at radius 2 is 1.80 bits per heavy atom. The molecule has 6 unspecified atom stereocenters. The summed E-state index contributed by atoms with van der Waals surface area (Å²) in [7, 11) is 0. The van der Waals surface area contributed by atoms with E-state index in [0.29, 0.717) is 6.04 Å². The summed E-state index contributed by atoms with van der Waals surface area (Å²) in [6, 6.07) is 0.486. The Morgan fingerprint density at radius 1 is 1.00 bits per heavy atom. The van der Waals surface area contributed by atoms with Crippen molar-refractivity contribution in [1.82, 2.24) is 0 Å². The first-order valence-corrected chi connectivity index (χ1v) is 7.62. The van der Waals surface area contributed by atoms with E-state index in [1.807, 2.05) is 0 Å². The van der Waals surface area contributed by atoms with Crippen LogP contribution in [0.3, 0.4) is 0 Å². The number of fused-ring (bicyclic) bond motifs is 3. The summed E-state index contributed by atoms with van der Waals surface area (Å²) < 4.78 is 0. The smallest absolute Gasteiger partial charge is 0.0235 e. The second-order valence-corrected chi connectivity index (χ2v) is 7.31. The largest absolute Gasteiger partial charge is 0.326 e. The third-order valence-electron chi connectivity index (χ3n) is 5.05. The molecule has 0 aromatic rings. The van der Waals surface area contributed by atoms with Crippen LogP contribution in [0.5, 0.6) is 0 Å². The molecule has 3 fully saturated rings. The predicted molar refractivity (Wildman–Crippen MR) is 67.0 cm³/mol. The van der Waals surface area contributed by atoms with E-state index in [4.69, 9.17) is 5.73 Å². The molecule has 0 bridgehead atoms. The van der Waals surface area contributed by atoms with Crippen molar-refractivity contribution in [2.45, 2.75) is 62.0 Å². The topological polar surface area (TPSA) is 26.0 Å². The lowest BCUT2D eigenvalue weighted by molar-refractivity contribution is 0.187. The van der Waals surface area contributed by atoms with Crippen LogP contribution >= 0.6 is 11.8 Å². The standard InChI is InChI=1S/C13H23NS/c1-8-6-7-10-9-4-2-3-5-11(9)15-13(10)12(8)14/h8-13H,2-7,14H2,1H3. The SMILES string of the molecule is CC1CCC2C3CCCCC3SC2C1N. The van der Waals surface area contributed by atoms with Gasteiger partial charge in [0, 0.05) is 16.5 Å². The van der Waals surface area contributed by atoms with Gasteiger partial charge in [-0.05, 0) is 43.4 Å². The van der Waals surface area contributed by atoms with Crippen molar-refractivity contribution >= 4 is 11.8 Å².